The van der Waals surface area contributed by atoms with Crippen LogP contribution in [0.4, 0.5) is 0 Å². The van der Waals surface area contributed by atoms with E-state index in [0.717, 1.165) is 42.0 Å². The van der Waals surface area contributed by atoms with Crippen molar-refractivity contribution in [2.75, 3.05) is 19.7 Å². The van der Waals surface area contributed by atoms with E-state index in [1.165, 1.54) is 5.69 Å². The number of halogens is 1. The average Bonchev–Trinajstić information content (AvgIpc) is 2.57. The summed E-state index contributed by atoms with van der Waals surface area (Å²) < 4.78 is 8.09. The number of ether oxygens (including phenoxy) is 1. The zero-order valence-corrected chi connectivity index (χ0v) is 11.2. The molecule has 1 aromatic carbocycles. The molecule has 96 valence electrons. The van der Waals surface area contributed by atoms with Crippen molar-refractivity contribution < 1.29 is 4.74 Å². The Morgan fingerprint density at radius 3 is 3.17 bits per heavy atom. The molecule has 0 spiro atoms. The third-order valence-electron chi connectivity index (χ3n) is 3.55. The average molecular weight is 265 g/mol. The van der Waals surface area contributed by atoms with Crippen molar-refractivity contribution in [1.82, 2.24) is 9.88 Å². The van der Waals surface area contributed by atoms with Crippen LogP contribution in [-0.2, 0) is 11.8 Å². The lowest BCUT2D eigenvalue weighted by atomic mass is 10.2. The predicted octanol–water partition coefficient (Wildman–Crippen LogP) is 2.88. The van der Waals surface area contributed by atoms with Crippen LogP contribution in [0.2, 0.25) is 5.02 Å². The van der Waals surface area contributed by atoms with Crippen LogP contribution in [0.5, 0.6) is 0 Å². The highest BCUT2D eigenvalue weighted by Gasteiger charge is 2.19. The number of fused-ring (bicyclic) bond motifs is 1. The lowest BCUT2D eigenvalue weighted by molar-refractivity contribution is 0.0623. The number of hydrogen-bond acceptors (Lipinski definition) is 2. The molecule has 1 unspecified atom stereocenters. The first kappa shape index (κ1) is 12.0. The molecule has 1 fully saturated rings. The Morgan fingerprint density at radius 2 is 2.33 bits per heavy atom. The zero-order valence-electron chi connectivity index (χ0n) is 10.4. The smallest absolute Gasteiger partial charge is 0.110 e. The van der Waals surface area contributed by atoms with E-state index in [2.05, 4.69) is 29.1 Å². The van der Waals surface area contributed by atoms with Gasteiger partial charge in [-0.25, -0.2) is 0 Å². The van der Waals surface area contributed by atoms with Crippen molar-refractivity contribution >= 4 is 22.5 Å². The van der Waals surface area contributed by atoms with Gasteiger partial charge in [0.2, 0.25) is 0 Å². The fourth-order valence-electron chi connectivity index (χ4n) is 2.56. The second-order valence-electron chi connectivity index (χ2n) is 4.72. The van der Waals surface area contributed by atoms with Gasteiger partial charge in [0.15, 0.2) is 0 Å². The van der Waals surface area contributed by atoms with Gasteiger partial charge in [0.25, 0.3) is 0 Å². The SMILES string of the molecule is Cn1c(C2CNCCCO2)cc2c(Cl)cccc21. The standard InChI is InChI=1S/C14H17ClN2O/c1-17-12-5-2-4-11(15)10(12)8-13(17)14-9-16-6-3-7-18-14/h2,4-5,8,14,16H,3,6-7,9H2,1H3. The fourth-order valence-corrected chi connectivity index (χ4v) is 2.78. The number of aryl methyl sites for hydroxylation is 1. The van der Waals surface area contributed by atoms with Gasteiger partial charge in [0.1, 0.15) is 6.10 Å². The zero-order chi connectivity index (χ0) is 12.5. The monoisotopic (exact) mass is 264 g/mol. The number of rotatable bonds is 1. The van der Waals surface area contributed by atoms with Crippen LogP contribution in [0.3, 0.4) is 0 Å². The molecule has 2 heterocycles. The van der Waals surface area contributed by atoms with Gasteiger partial charge < -0.3 is 14.6 Å². The number of benzene rings is 1. The summed E-state index contributed by atoms with van der Waals surface area (Å²) >= 11 is 6.24. The molecule has 0 amide bonds. The van der Waals surface area contributed by atoms with Gasteiger partial charge in [-0.3, -0.25) is 0 Å². The highest BCUT2D eigenvalue weighted by molar-refractivity contribution is 6.35. The molecule has 1 N–H and O–H groups in total. The summed E-state index contributed by atoms with van der Waals surface area (Å²) in [5.41, 5.74) is 2.35. The summed E-state index contributed by atoms with van der Waals surface area (Å²) in [6.45, 7) is 2.70. The van der Waals surface area contributed by atoms with Crippen LogP contribution in [0, 0.1) is 0 Å². The molecule has 18 heavy (non-hydrogen) atoms. The first-order valence-corrected chi connectivity index (χ1v) is 6.71. The van der Waals surface area contributed by atoms with E-state index in [1.54, 1.807) is 0 Å². The molecule has 1 aromatic heterocycles. The molecule has 3 nitrogen and oxygen atoms in total. The van der Waals surface area contributed by atoms with Crippen molar-refractivity contribution in [3.05, 3.63) is 35.0 Å². The number of nitrogens with one attached hydrogen (secondary N) is 1. The molecule has 1 aliphatic heterocycles. The van der Waals surface area contributed by atoms with Crippen LogP contribution in [-0.4, -0.2) is 24.3 Å². The maximum atomic E-state index is 6.24. The molecule has 1 atom stereocenters. The maximum Gasteiger partial charge on any atom is 0.110 e. The van der Waals surface area contributed by atoms with E-state index in [0.29, 0.717) is 0 Å². The normalized spacial score (nSPS) is 21.1. The molecule has 1 aliphatic rings. The van der Waals surface area contributed by atoms with Gasteiger partial charge in [0, 0.05) is 41.8 Å². The Balaban J connectivity index is 2.06. The Bertz CT molecular complexity index is 556. The minimum Gasteiger partial charge on any atom is -0.371 e. The highest BCUT2D eigenvalue weighted by atomic mass is 35.5. The molecular formula is C14H17ClN2O. The van der Waals surface area contributed by atoms with E-state index in [-0.39, 0.29) is 6.10 Å². The fraction of sp³-hybridized carbons (Fsp3) is 0.429. The lowest BCUT2D eigenvalue weighted by Gasteiger charge is -2.16. The Labute approximate surface area is 112 Å². The third kappa shape index (κ3) is 2.03. The van der Waals surface area contributed by atoms with Crippen LogP contribution < -0.4 is 5.32 Å². The first-order chi connectivity index (χ1) is 8.77. The van der Waals surface area contributed by atoms with E-state index >= 15 is 0 Å². The van der Waals surface area contributed by atoms with Crippen molar-refractivity contribution in [2.24, 2.45) is 7.05 Å². The van der Waals surface area contributed by atoms with E-state index in [4.69, 9.17) is 16.3 Å². The van der Waals surface area contributed by atoms with Gasteiger partial charge in [-0.15, -0.1) is 0 Å². The topological polar surface area (TPSA) is 26.2 Å². The first-order valence-electron chi connectivity index (χ1n) is 6.33. The number of nitrogens with zero attached hydrogens (tertiary/aromatic N) is 1. The Hall–Kier alpha value is -1.03. The van der Waals surface area contributed by atoms with Gasteiger partial charge in [-0.1, -0.05) is 17.7 Å². The van der Waals surface area contributed by atoms with Crippen LogP contribution in [0.15, 0.2) is 24.3 Å². The summed E-state index contributed by atoms with van der Waals surface area (Å²) in [5, 5.41) is 5.31. The van der Waals surface area contributed by atoms with Crippen LogP contribution >= 0.6 is 11.6 Å². The summed E-state index contributed by atoms with van der Waals surface area (Å²) in [7, 11) is 2.07. The number of hydrogen-bond donors (Lipinski definition) is 1. The molecule has 2 aromatic rings. The van der Waals surface area contributed by atoms with Crippen LogP contribution in [0.25, 0.3) is 10.9 Å². The lowest BCUT2D eigenvalue weighted by Crippen LogP contribution is -2.21. The molecule has 4 heteroatoms. The minimum atomic E-state index is 0.112. The largest absolute Gasteiger partial charge is 0.371 e. The quantitative estimate of drug-likeness (QED) is 0.857. The van der Waals surface area contributed by atoms with Gasteiger partial charge in [-0.05, 0) is 31.2 Å². The van der Waals surface area contributed by atoms with Gasteiger partial charge in [0.05, 0.1) is 0 Å². The predicted molar refractivity (Wildman–Crippen MR) is 74.1 cm³/mol. The summed E-state index contributed by atoms with van der Waals surface area (Å²) in [6, 6.07) is 8.16. The second-order valence-corrected chi connectivity index (χ2v) is 5.13. The van der Waals surface area contributed by atoms with E-state index < -0.39 is 0 Å². The van der Waals surface area contributed by atoms with E-state index in [9.17, 15) is 0 Å². The van der Waals surface area contributed by atoms with Crippen molar-refractivity contribution in [1.29, 1.82) is 0 Å². The summed E-state index contributed by atoms with van der Waals surface area (Å²) in [4.78, 5) is 0. The summed E-state index contributed by atoms with van der Waals surface area (Å²) in [5.74, 6) is 0. The molecular weight excluding hydrogens is 248 g/mol. The summed E-state index contributed by atoms with van der Waals surface area (Å²) in [6.07, 6.45) is 1.18. The van der Waals surface area contributed by atoms with Crippen LogP contribution in [0.1, 0.15) is 18.2 Å². The van der Waals surface area contributed by atoms with Gasteiger partial charge in [-0.2, -0.15) is 0 Å². The molecule has 0 radical (unpaired) electrons. The molecule has 0 aliphatic carbocycles. The second kappa shape index (κ2) is 4.92. The highest BCUT2D eigenvalue weighted by Crippen LogP contribution is 2.30. The molecule has 3 rings (SSSR count). The Kier molecular flexibility index (Phi) is 3.29. The van der Waals surface area contributed by atoms with Crippen molar-refractivity contribution in [3.8, 4) is 0 Å². The minimum absolute atomic E-state index is 0.112. The molecule has 1 saturated heterocycles. The third-order valence-corrected chi connectivity index (χ3v) is 3.88. The van der Waals surface area contributed by atoms with Gasteiger partial charge >= 0.3 is 0 Å². The number of aromatic nitrogens is 1. The molecule has 0 saturated carbocycles. The van der Waals surface area contributed by atoms with E-state index in [1.807, 2.05) is 12.1 Å². The van der Waals surface area contributed by atoms with Crippen molar-refractivity contribution in [2.45, 2.75) is 12.5 Å². The van der Waals surface area contributed by atoms with Crippen molar-refractivity contribution in [3.63, 3.8) is 0 Å². The molecule has 0 bridgehead atoms. The maximum absolute atomic E-state index is 6.24. The Morgan fingerprint density at radius 1 is 1.44 bits per heavy atom.